The van der Waals surface area contributed by atoms with Crippen LogP contribution in [0.2, 0.25) is 0 Å². The third kappa shape index (κ3) is 12.0. The highest BCUT2D eigenvalue weighted by molar-refractivity contribution is 4.61. The second kappa shape index (κ2) is 13.0. The second-order valence-corrected chi connectivity index (χ2v) is 4.89. The zero-order chi connectivity index (χ0) is 12.1. The molecule has 0 aromatic heterocycles. The first kappa shape index (κ1) is 15.9. The molecule has 0 saturated carbocycles. The summed E-state index contributed by atoms with van der Waals surface area (Å²) in [5, 5.41) is 6.72. The molecule has 0 heterocycles. The molecular weight excluding hydrogens is 196 g/mol. The van der Waals surface area contributed by atoms with Crippen LogP contribution in [-0.2, 0) is 0 Å². The van der Waals surface area contributed by atoms with Gasteiger partial charge < -0.3 is 10.6 Å². The number of likely N-dealkylation sites (N-methyl/N-ethyl adjacent to an activating group) is 1. The Bertz CT molecular complexity index is 126. The summed E-state index contributed by atoms with van der Waals surface area (Å²) >= 11 is 0. The van der Waals surface area contributed by atoms with Crippen molar-refractivity contribution in [2.75, 3.05) is 20.1 Å². The summed E-state index contributed by atoms with van der Waals surface area (Å²) in [4.78, 5) is 0. The summed E-state index contributed by atoms with van der Waals surface area (Å²) in [5.74, 6) is 0. The van der Waals surface area contributed by atoms with E-state index in [-0.39, 0.29) is 0 Å². The summed E-state index contributed by atoms with van der Waals surface area (Å²) in [7, 11) is 2.01. The fourth-order valence-corrected chi connectivity index (χ4v) is 1.99. The van der Waals surface area contributed by atoms with E-state index in [1.54, 1.807) is 0 Å². The van der Waals surface area contributed by atoms with E-state index in [1.807, 2.05) is 7.05 Å². The van der Waals surface area contributed by atoms with Gasteiger partial charge in [0.25, 0.3) is 0 Å². The third-order valence-corrected chi connectivity index (χ3v) is 3.03. The average molecular weight is 228 g/mol. The van der Waals surface area contributed by atoms with E-state index in [4.69, 9.17) is 0 Å². The first-order chi connectivity index (χ1) is 7.81. The van der Waals surface area contributed by atoms with Gasteiger partial charge in [-0.25, -0.2) is 0 Å². The fourth-order valence-electron chi connectivity index (χ4n) is 1.99. The molecule has 0 saturated heterocycles. The van der Waals surface area contributed by atoms with Crippen LogP contribution in [0.3, 0.4) is 0 Å². The predicted octanol–water partition coefficient (Wildman–Crippen LogP) is 3.32. The van der Waals surface area contributed by atoms with Crippen LogP contribution in [0.25, 0.3) is 0 Å². The van der Waals surface area contributed by atoms with Gasteiger partial charge in [0.15, 0.2) is 0 Å². The highest BCUT2D eigenvalue weighted by Crippen LogP contribution is 2.07. The van der Waals surface area contributed by atoms with Gasteiger partial charge in [-0.1, -0.05) is 51.9 Å². The van der Waals surface area contributed by atoms with Gasteiger partial charge in [0.05, 0.1) is 0 Å². The van der Waals surface area contributed by atoms with Crippen molar-refractivity contribution in [2.45, 2.75) is 71.3 Å². The molecule has 0 rings (SSSR count). The van der Waals surface area contributed by atoms with Crippen LogP contribution >= 0.6 is 0 Å². The quantitative estimate of drug-likeness (QED) is 0.501. The van der Waals surface area contributed by atoms with E-state index >= 15 is 0 Å². The molecule has 0 aromatic carbocycles. The summed E-state index contributed by atoms with van der Waals surface area (Å²) in [6.07, 6.45) is 11.2. The Labute approximate surface area is 103 Å². The molecule has 0 bridgehead atoms. The lowest BCUT2D eigenvalue weighted by Crippen LogP contribution is -2.35. The maximum Gasteiger partial charge on any atom is 0.0164 e. The molecule has 0 aliphatic rings. The van der Waals surface area contributed by atoms with Crippen LogP contribution in [0.15, 0.2) is 0 Å². The number of rotatable bonds is 12. The average Bonchev–Trinajstić information content (AvgIpc) is 2.27. The zero-order valence-electron chi connectivity index (χ0n) is 11.6. The maximum atomic E-state index is 3.53. The Hall–Kier alpha value is -0.0800. The lowest BCUT2D eigenvalue weighted by atomic mass is 10.1. The molecular formula is C14H32N2. The van der Waals surface area contributed by atoms with E-state index in [2.05, 4.69) is 24.5 Å². The van der Waals surface area contributed by atoms with Crippen molar-refractivity contribution in [2.24, 2.45) is 0 Å². The molecule has 2 heteroatoms. The molecule has 0 radical (unpaired) electrons. The van der Waals surface area contributed by atoms with Gasteiger partial charge in [0.1, 0.15) is 0 Å². The van der Waals surface area contributed by atoms with Crippen molar-refractivity contribution in [3.63, 3.8) is 0 Å². The normalized spacial score (nSPS) is 12.9. The first-order valence-corrected chi connectivity index (χ1v) is 7.19. The smallest absolute Gasteiger partial charge is 0.0164 e. The molecule has 0 amide bonds. The third-order valence-electron chi connectivity index (χ3n) is 3.03. The van der Waals surface area contributed by atoms with Gasteiger partial charge in [-0.2, -0.15) is 0 Å². The highest BCUT2D eigenvalue weighted by Gasteiger charge is 1.97. The molecule has 0 spiro atoms. The minimum Gasteiger partial charge on any atom is -0.318 e. The molecule has 0 aliphatic heterocycles. The molecule has 2 N–H and O–H groups in total. The Morgan fingerprint density at radius 1 is 0.875 bits per heavy atom. The topological polar surface area (TPSA) is 24.1 Å². The predicted molar refractivity (Wildman–Crippen MR) is 74.0 cm³/mol. The van der Waals surface area contributed by atoms with Gasteiger partial charge in [-0.15, -0.1) is 0 Å². The minimum absolute atomic E-state index is 0.606. The van der Waals surface area contributed by atoms with Gasteiger partial charge in [-0.3, -0.25) is 0 Å². The largest absolute Gasteiger partial charge is 0.318 e. The Morgan fingerprint density at radius 2 is 1.44 bits per heavy atom. The highest BCUT2D eigenvalue weighted by atomic mass is 15.0. The Kier molecular flexibility index (Phi) is 12.9. The van der Waals surface area contributed by atoms with E-state index in [0.29, 0.717) is 6.04 Å². The Balaban J connectivity index is 2.98. The molecule has 16 heavy (non-hydrogen) atoms. The van der Waals surface area contributed by atoms with Crippen LogP contribution in [-0.4, -0.2) is 26.2 Å². The molecule has 0 fully saturated rings. The van der Waals surface area contributed by atoms with Crippen molar-refractivity contribution in [3.8, 4) is 0 Å². The molecule has 0 aromatic rings. The minimum atomic E-state index is 0.606. The summed E-state index contributed by atoms with van der Waals surface area (Å²) in [5.41, 5.74) is 0. The number of nitrogens with one attached hydrogen (secondary N) is 2. The molecule has 1 atom stereocenters. The molecule has 1 unspecified atom stereocenters. The first-order valence-electron chi connectivity index (χ1n) is 7.19. The SMILES string of the molecule is CCCCCCCCCCNC(C)CNC. The number of unbranched alkanes of at least 4 members (excludes halogenated alkanes) is 7. The monoisotopic (exact) mass is 228 g/mol. The standard InChI is InChI=1S/C14H32N2/c1-4-5-6-7-8-9-10-11-12-16-14(2)13-15-3/h14-16H,4-13H2,1-3H3. The van der Waals surface area contributed by atoms with Gasteiger partial charge in [0, 0.05) is 12.6 Å². The zero-order valence-corrected chi connectivity index (χ0v) is 11.6. The lowest BCUT2D eigenvalue weighted by molar-refractivity contribution is 0.496. The van der Waals surface area contributed by atoms with Crippen molar-refractivity contribution in [1.29, 1.82) is 0 Å². The molecule has 2 nitrogen and oxygen atoms in total. The second-order valence-electron chi connectivity index (χ2n) is 4.89. The summed E-state index contributed by atoms with van der Waals surface area (Å²) in [6, 6.07) is 0.606. The summed E-state index contributed by atoms with van der Waals surface area (Å²) < 4.78 is 0. The van der Waals surface area contributed by atoms with E-state index in [9.17, 15) is 0 Å². The van der Waals surface area contributed by atoms with Crippen LogP contribution in [0.5, 0.6) is 0 Å². The maximum absolute atomic E-state index is 3.53. The van der Waals surface area contributed by atoms with Crippen molar-refractivity contribution in [3.05, 3.63) is 0 Å². The van der Waals surface area contributed by atoms with Gasteiger partial charge in [-0.05, 0) is 26.9 Å². The van der Waals surface area contributed by atoms with Crippen molar-refractivity contribution >= 4 is 0 Å². The van der Waals surface area contributed by atoms with E-state index in [0.717, 1.165) is 6.54 Å². The number of hydrogen-bond acceptors (Lipinski definition) is 2. The van der Waals surface area contributed by atoms with Gasteiger partial charge >= 0.3 is 0 Å². The molecule has 98 valence electrons. The van der Waals surface area contributed by atoms with E-state index < -0.39 is 0 Å². The Morgan fingerprint density at radius 3 is 2.00 bits per heavy atom. The van der Waals surface area contributed by atoms with Crippen LogP contribution in [0, 0.1) is 0 Å². The number of hydrogen-bond donors (Lipinski definition) is 2. The molecule has 0 aliphatic carbocycles. The van der Waals surface area contributed by atoms with E-state index in [1.165, 1.54) is 57.9 Å². The fraction of sp³-hybridized carbons (Fsp3) is 1.00. The van der Waals surface area contributed by atoms with Crippen molar-refractivity contribution in [1.82, 2.24) is 10.6 Å². The van der Waals surface area contributed by atoms with Crippen molar-refractivity contribution < 1.29 is 0 Å². The van der Waals surface area contributed by atoms with Crippen LogP contribution < -0.4 is 10.6 Å². The van der Waals surface area contributed by atoms with Gasteiger partial charge in [0.2, 0.25) is 0 Å². The van der Waals surface area contributed by atoms with Crippen LogP contribution in [0.4, 0.5) is 0 Å². The summed E-state index contributed by atoms with van der Waals surface area (Å²) in [6.45, 7) is 6.76. The van der Waals surface area contributed by atoms with Crippen LogP contribution in [0.1, 0.15) is 65.2 Å². The lowest BCUT2D eigenvalue weighted by Gasteiger charge is -2.12.